The molecule has 8 aromatic rings. The summed E-state index contributed by atoms with van der Waals surface area (Å²) in [5.74, 6) is 0. The van der Waals surface area contributed by atoms with Gasteiger partial charge in [0.05, 0.1) is 16.6 Å². The predicted molar refractivity (Wildman–Crippen MR) is 163 cm³/mol. The van der Waals surface area contributed by atoms with Crippen molar-refractivity contribution in [2.45, 2.75) is 0 Å². The van der Waals surface area contributed by atoms with E-state index in [9.17, 15) is 0 Å². The Bertz CT molecular complexity index is 2210. The van der Waals surface area contributed by atoms with Gasteiger partial charge in [-0.3, -0.25) is 4.98 Å². The van der Waals surface area contributed by atoms with E-state index in [0.717, 1.165) is 16.7 Å². The monoisotopic (exact) mass is 494 g/mol. The van der Waals surface area contributed by atoms with Crippen LogP contribution in [0.15, 0.2) is 134 Å². The van der Waals surface area contributed by atoms with E-state index in [-0.39, 0.29) is 0 Å². The number of benzene rings is 6. The zero-order valence-corrected chi connectivity index (χ0v) is 21.1. The molecule has 2 heteroatoms. The van der Waals surface area contributed by atoms with Crippen molar-refractivity contribution in [3.8, 4) is 39.1 Å². The standard InChI is InChI=1S/C37H22N2/c1-2-11-34-31(8-1)37-35(12-5-19-38-37)39(34)28-17-15-23(16-18-28)25-13-14-26-21-32-29-9-3-6-24-7-4-10-30(36(24)29)33(32)22-27(26)20-25/h1-22H. The molecule has 0 aliphatic heterocycles. The van der Waals surface area contributed by atoms with Crippen LogP contribution in [0.4, 0.5) is 0 Å². The molecule has 0 saturated heterocycles. The number of hydrogen-bond acceptors (Lipinski definition) is 1. The summed E-state index contributed by atoms with van der Waals surface area (Å²) in [4.78, 5) is 4.68. The number of fused-ring (bicyclic) bond motifs is 7. The van der Waals surface area contributed by atoms with E-state index >= 15 is 0 Å². The van der Waals surface area contributed by atoms with Gasteiger partial charge in [0.15, 0.2) is 0 Å². The van der Waals surface area contributed by atoms with Crippen LogP contribution >= 0.6 is 0 Å². The number of nitrogens with zero attached hydrogens (tertiary/aromatic N) is 2. The van der Waals surface area contributed by atoms with Crippen molar-refractivity contribution in [1.82, 2.24) is 9.55 Å². The Balaban J connectivity index is 1.16. The van der Waals surface area contributed by atoms with E-state index < -0.39 is 0 Å². The summed E-state index contributed by atoms with van der Waals surface area (Å²) >= 11 is 0. The van der Waals surface area contributed by atoms with Crippen molar-refractivity contribution in [3.63, 3.8) is 0 Å². The van der Waals surface area contributed by atoms with Gasteiger partial charge in [-0.2, -0.15) is 0 Å². The fourth-order valence-corrected chi connectivity index (χ4v) is 6.58. The van der Waals surface area contributed by atoms with Gasteiger partial charge < -0.3 is 4.57 Å². The topological polar surface area (TPSA) is 17.8 Å². The van der Waals surface area contributed by atoms with Crippen LogP contribution in [0, 0.1) is 0 Å². The molecule has 39 heavy (non-hydrogen) atoms. The van der Waals surface area contributed by atoms with Crippen LogP contribution in [0.5, 0.6) is 0 Å². The molecule has 2 aromatic heterocycles. The molecule has 0 bridgehead atoms. The zero-order valence-electron chi connectivity index (χ0n) is 21.1. The molecular weight excluding hydrogens is 472 g/mol. The molecule has 1 aliphatic carbocycles. The van der Waals surface area contributed by atoms with E-state index in [0.29, 0.717) is 0 Å². The molecule has 2 heterocycles. The SMILES string of the molecule is c1cc2c3c(cccc3c1)-c1cc3cc(-c4ccc(-n5c6ccccc6c6ncccc65)cc4)ccc3cc1-2. The van der Waals surface area contributed by atoms with Crippen molar-refractivity contribution in [2.24, 2.45) is 0 Å². The molecule has 0 radical (unpaired) electrons. The van der Waals surface area contributed by atoms with E-state index in [1.165, 1.54) is 65.8 Å². The van der Waals surface area contributed by atoms with Gasteiger partial charge in [0.2, 0.25) is 0 Å². The Labute approximate surface area is 225 Å². The fraction of sp³-hybridized carbons (Fsp3) is 0. The molecule has 1 aliphatic rings. The highest BCUT2D eigenvalue weighted by molar-refractivity contribution is 6.17. The smallest absolute Gasteiger partial charge is 0.0963 e. The third kappa shape index (κ3) is 2.89. The highest BCUT2D eigenvalue weighted by Gasteiger charge is 2.21. The Morgan fingerprint density at radius 2 is 1.18 bits per heavy atom. The van der Waals surface area contributed by atoms with E-state index in [1.54, 1.807) is 0 Å². The first-order valence-electron chi connectivity index (χ1n) is 13.4. The van der Waals surface area contributed by atoms with Crippen molar-refractivity contribution < 1.29 is 0 Å². The average Bonchev–Trinajstić information content (AvgIpc) is 3.50. The highest BCUT2D eigenvalue weighted by Crippen LogP contribution is 2.48. The van der Waals surface area contributed by atoms with Gasteiger partial charge in [-0.05, 0) is 103 Å². The summed E-state index contributed by atoms with van der Waals surface area (Å²) in [6, 6.07) is 46.4. The lowest BCUT2D eigenvalue weighted by molar-refractivity contribution is 1.18. The molecule has 0 saturated carbocycles. The number of hydrogen-bond donors (Lipinski definition) is 0. The molecule has 9 rings (SSSR count). The summed E-state index contributed by atoms with van der Waals surface area (Å²) < 4.78 is 2.31. The first-order chi connectivity index (χ1) is 19.3. The van der Waals surface area contributed by atoms with Gasteiger partial charge in [0, 0.05) is 17.3 Å². The van der Waals surface area contributed by atoms with Crippen LogP contribution in [-0.4, -0.2) is 9.55 Å². The fourth-order valence-electron chi connectivity index (χ4n) is 6.58. The van der Waals surface area contributed by atoms with Crippen LogP contribution < -0.4 is 0 Å². The quantitative estimate of drug-likeness (QED) is 0.234. The number of aromatic nitrogens is 2. The molecule has 0 amide bonds. The Morgan fingerprint density at radius 1 is 0.462 bits per heavy atom. The lowest BCUT2D eigenvalue weighted by Gasteiger charge is -2.11. The maximum atomic E-state index is 4.68. The Hall–Kier alpha value is -5.21. The second kappa shape index (κ2) is 7.66. The second-order valence-electron chi connectivity index (χ2n) is 10.4. The lowest BCUT2D eigenvalue weighted by Crippen LogP contribution is -1.93. The summed E-state index contributed by atoms with van der Waals surface area (Å²) in [5, 5.41) is 6.41. The highest BCUT2D eigenvalue weighted by atomic mass is 15.0. The molecule has 0 atom stereocenters. The average molecular weight is 495 g/mol. The normalized spacial score (nSPS) is 12.1. The minimum absolute atomic E-state index is 1.04. The summed E-state index contributed by atoms with van der Waals surface area (Å²) in [6.07, 6.45) is 1.87. The molecule has 0 fully saturated rings. The minimum Gasteiger partial charge on any atom is -0.308 e. The maximum absolute atomic E-state index is 4.68. The van der Waals surface area contributed by atoms with Gasteiger partial charge in [-0.15, -0.1) is 0 Å². The summed E-state index contributed by atoms with van der Waals surface area (Å²) in [6.45, 7) is 0. The number of pyridine rings is 1. The van der Waals surface area contributed by atoms with Crippen molar-refractivity contribution >= 4 is 43.5 Å². The molecule has 6 aromatic carbocycles. The van der Waals surface area contributed by atoms with E-state index in [4.69, 9.17) is 0 Å². The molecule has 0 spiro atoms. The van der Waals surface area contributed by atoms with Crippen LogP contribution in [0.25, 0.3) is 82.5 Å². The molecule has 0 N–H and O–H groups in total. The van der Waals surface area contributed by atoms with E-state index in [2.05, 4.69) is 131 Å². The van der Waals surface area contributed by atoms with Crippen LogP contribution in [0.1, 0.15) is 0 Å². The van der Waals surface area contributed by atoms with Gasteiger partial charge >= 0.3 is 0 Å². The second-order valence-corrected chi connectivity index (χ2v) is 10.4. The van der Waals surface area contributed by atoms with E-state index in [1.807, 2.05) is 12.3 Å². The van der Waals surface area contributed by atoms with Crippen LogP contribution in [-0.2, 0) is 0 Å². The predicted octanol–water partition coefficient (Wildman–Crippen LogP) is 9.80. The maximum Gasteiger partial charge on any atom is 0.0963 e. The van der Waals surface area contributed by atoms with Gasteiger partial charge in [0.1, 0.15) is 0 Å². The third-order valence-electron chi connectivity index (χ3n) is 8.35. The zero-order chi connectivity index (χ0) is 25.5. The molecule has 2 nitrogen and oxygen atoms in total. The van der Waals surface area contributed by atoms with Gasteiger partial charge in [0.25, 0.3) is 0 Å². The largest absolute Gasteiger partial charge is 0.308 e. The van der Waals surface area contributed by atoms with Crippen LogP contribution in [0.3, 0.4) is 0 Å². The summed E-state index contributed by atoms with van der Waals surface area (Å²) in [5.41, 5.74) is 12.3. The van der Waals surface area contributed by atoms with Crippen LogP contribution in [0.2, 0.25) is 0 Å². The first kappa shape index (κ1) is 20.8. The lowest BCUT2D eigenvalue weighted by atomic mass is 9.96. The summed E-state index contributed by atoms with van der Waals surface area (Å²) in [7, 11) is 0. The molecule has 0 unspecified atom stereocenters. The van der Waals surface area contributed by atoms with Crippen molar-refractivity contribution in [2.75, 3.05) is 0 Å². The third-order valence-corrected chi connectivity index (χ3v) is 8.35. The van der Waals surface area contributed by atoms with Crippen molar-refractivity contribution in [1.29, 1.82) is 0 Å². The number of para-hydroxylation sites is 1. The van der Waals surface area contributed by atoms with Gasteiger partial charge in [-0.1, -0.05) is 78.9 Å². The minimum atomic E-state index is 1.04. The van der Waals surface area contributed by atoms with Crippen molar-refractivity contribution in [3.05, 3.63) is 134 Å². The first-order valence-corrected chi connectivity index (χ1v) is 13.4. The molecule has 180 valence electrons. The Morgan fingerprint density at radius 3 is 2.00 bits per heavy atom. The van der Waals surface area contributed by atoms with Gasteiger partial charge in [-0.25, -0.2) is 0 Å². The molecular formula is C37H22N2. The Kier molecular flexibility index (Phi) is 4.08. The number of rotatable bonds is 2.